The Labute approximate surface area is 106 Å². The molecule has 0 aliphatic heterocycles. The Morgan fingerprint density at radius 2 is 1.68 bits per heavy atom. The molecule has 2 aromatic carbocycles. The van der Waals surface area contributed by atoms with Crippen molar-refractivity contribution < 1.29 is 13.2 Å². The van der Waals surface area contributed by atoms with E-state index in [2.05, 4.69) is 4.98 Å². The maximum absolute atomic E-state index is 12.8. The van der Waals surface area contributed by atoms with Crippen LogP contribution in [0.4, 0.5) is 18.9 Å². The predicted octanol–water partition coefficient (Wildman–Crippen LogP) is 3.99. The minimum atomic E-state index is -4.50. The summed E-state index contributed by atoms with van der Waals surface area (Å²) in [5.41, 5.74) is 5.11. The summed E-state index contributed by atoms with van der Waals surface area (Å²) in [6.45, 7) is 0. The number of anilines is 1. The minimum Gasteiger partial charge on any atom is -0.398 e. The van der Waals surface area contributed by atoms with Gasteiger partial charge in [0.25, 0.3) is 0 Å². The zero-order chi connectivity index (χ0) is 13.6. The summed E-state index contributed by atoms with van der Waals surface area (Å²) in [6.07, 6.45) is -4.50. The number of nitrogen functional groups attached to an aromatic ring is 1. The summed E-state index contributed by atoms with van der Waals surface area (Å²) in [4.78, 5) is 3.73. The van der Waals surface area contributed by atoms with Gasteiger partial charge in [-0.3, -0.25) is 0 Å². The smallest absolute Gasteiger partial charge is 0.398 e. The highest BCUT2D eigenvalue weighted by molar-refractivity contribution is 6.08. The molecule has 1 heterocycles. The van der Waals surface area contributed by atoms with Gasteiger partial charge in [-0.15, -0.1) is 0 Å². The summed E-state index contributed by atoms with van der Waals surface area (Å²) in [7, 11) is 0. The third kappa shape index (κ3) is 1.87. The highest BCUT2D eigenvalue weighted by Crippen LogP contribution is 2.34. The molecule has 0 spiro atoms. The quantitative estimate of drug-likeness (QED) is 0.622. The van der Waals surface area contributed by atoms with E-state index in [0.717, 1.165) is 11.5 Å². The lowest BCUT2D eigenvalue weighted by molar-refractivity contribution is -0.140. The Balaban J connectivity index is 2.47. The van der Waals surface area contributed by atoms with Gasteiger partial charge in [-0.05, 0) is 11.5 Å². The van der Waals surface area contributed by atoms with E-state index in [9.17, 15) is 13.2 Å². The standard InChI is InChI=1S/C14H9F3N2/c15-14(16,17)12-7-11(18)10-6-5-8-3-1-2-4-9(8)13(10)19-12/h1-7H,(H2,18,19). The van der Waals surface area contributed by atoms with Crippen LogP contribution in [0.15, 0.2) is 42.5 Å². The van der Waals surface area contributed by atoms with E-state index >= 15 is 0 Å². The largest absolute Gasteiger partial charge is 0.433 e. The second kappa shape index (κ2) is 3.85. The molecule has 1 aromatic heterocycles. The van der Waals surface area contributed by atoms with Gasteiger partial charge in [-0.2, -0.15) is 13.2 Å². The zero-order valence-corrected chi connectivity index (χ0v) is 9.70. The van der Waals surface area contributed by atoms with E-state index in [0.29, 0.717) is 10.8 Å². The van der Waals surface area contributed by atoms with Gasteiger partial charge in [0.2, 0.25) is 0 Å². The molecule has 0 unspecified atom stereocenters. The number of benzene rings is 2. The molecule has 19 heavy (non-hydrogen) atoms. The minimum absolute atomic E-state index is 0.0862. The highest BCUT2D eigenvalue weighted by atomic mass is 19.4. The maximum atomic E-state index is 12.8. The van der Waals surface area contributed by atoms with E-state index in [1.807, 2.05) is 18.2 Å². The van der Waals surface area contributed by atoms with Gasteiger partial charge < -0.3 is 5.73 Å². The maximum Gasteiger partial charge on any atom is 0.433 e. The van der Waals surface area contributed by atoms with Gasteiger partial charge in [0.1, 0.15) is 5.69 Å². The highest BCUT2D eigenvalue weighted by Gasteiger charge is 2.33. The van der Waals surface area contributed by atoms with Crippen LogP contribution in [0.3, 0.4) is 0 Å². The molecule has 5 heteroatoms. The Hall–Kier alpha value is -2.30. The number of hydrogen-bond donors (Lipinski definition) is 1. The van der Waals surface area contributed by atoms with Gasteiger partial charge in [-0.1, -0.05) is 36.4 Å². The van der Waals surface area contributed by atoms with E-state index in [4.69, 9.17) is 5.73 Å². The second-order valence-corrected chi connectivity index (χ2v) is 4.28. The topological polar surface area (TPSA) is 38.9 Å². The SMILES string of the molecule is Nc1cc(C(F)(F)F)nc2c1ccc1ccccc12. The van der Waals surface area contributed by atoms with Gasteiger partial charge in [0, 0.05) is 16.5 Å². The molecule has 0 saturated carbocycles. The third-order valence-corrected chi connectivity index (χ3v) is 3.03. The Morgan fingerprint density at radius 1 is 0.947 bits per heavy atom. The molecule has 2 N–H and O–H groups in total. The summed E-state index contributed by atoms with van der Waals surface area (Å²) in [5, 5.41) is 2.03. The summed E-state index contributed by atoms with van der Waals surface area (Å²) in [6, 6.07) is 11.5. The molecule has 0 bridgehead atoms. The Morgan fingerprint density at radius 3 is 2.42 bits per heavy atom. The zero-order valence-electron chi connectivity index (χ0n) is 9.70. The number of pyridine rings is 1. The number of fused-ring (bicyclic) bond motifs is 3. The molecule has 0 atom stereocenters. The van der Waals surface area contributed by atoms with Crippen molar-refractivity contribution in [1.82, 2.24) is 4.98 Å². The van der Waals surface area contributed by atoms with Gasteiger partial charge in [0.15, 0.2) is 0 Å². The van der Waals surface area contributed by atoms with Crippen LogP contribution in [0, 0.1) is 0 Å². The van der Waals surface area contributed by atoms with Crippen LogP contribution < -0.4 is 5.73 Å². The molecule has 3 aromatic rings. The van der Waals surface area contributed by atoms with Crippen molar-refractivity contribution in [2.75, 3.05) is 5.73 Å². The Bertz CT molecular complexity index is 779. The van der Waals surface area contributed by atoms with Crippen LogP contribution in [0.2, 0.25) is 0 Å². The van der Waals surface area contributed by atoms with Crippen molar-refractivity contribution in [2.45, 2.75) is 6.18 Å². The van der Waals surface area contributed by atoms with Crippen molar-refractivity contribution in [1.29, 1.82) is 0 Å². The van der Waals surface area contributed by atoms with E-state index in [1.54, 1.807) is 18.2 Å². The lowest BCUT2D eigenvalue weighted by Crippen LogP contribution is -2.09. The molecule has 0 saturated heterocycles. The van der Waals surface area contributed by atoms with Crippen molar-refractivity contribution in [3.63, 3.8) is 0 Å². The van der Waals surface area contributed by atoms with Crippen LogP contribution in [0.5, 0.6) is 0 Å². The molecule has 0 fully saturated rings. The first-order chi connectivity index (χ1) is 8.97. The number of halogens is 3. The molecule has 0 aliphatic carbocycles. The average Bonchev–Trinajstić information content (AvgIpc) is 2.37. The fourth-order valence-corrected chi connectivity index (χ4v) is 2.13. The number of rotatable bonds is 0. The van der Waals surface area contributed by atoms with Crippen LogP contribution in [0.1, 0.15) is 5.69 Å². The van der Waals surface area contributed by atoms with Crippen LogP contribution in [0.25, 0.3) is 21.7 Å². The predicted molar refractivity (Wildman–Crippen MR) is 68.7 cm³/mol. The second-order valence-electron chi connectivity index (χ2n) is 4.28. The first-order valence-electron chi connectivity index (χ1n) is 5.62. The van der Waals surface area contributed by atoms with Gasteiger partial charge >= 0.3 is 6.18 Å². The van der Waals surface area contributed by atoms with Crippen molar-refractivity contribution >= 4 is 27.4 Å². The third-order valence-electron chi connectivity index (χ3n) is 3.03. The van der Waals surface area contributed by atoms with E-state index < -0.39 is 11.9 Å². The van der Waals surface area contributed by atoms with Crippen molar-refractivity contribution in [3.8, 4) is 0 Å². The van der Waals surface area contributed by atoms with Crippen LogP contribution >= 0.6 is 0 Å². The van der Waals surface area contributed by atoms with Crippen LogP contribution in [-0.2, 0) is 6.18 Å². The monoisotopic (exact) mass is 262 g/mol. The summed E-state index contributed by atoms with van der Waals surface area (Å²) in [5.74, 6) is 0. The van der Waals surface area contributed by atoms with Crippen molar-refractivity contribution in [2.24, 2.45) is 0 Å². The van der Waals surface area contributed by atoms with Crippen molar-refractivity contribution in [3.05, 3.63) is 48.2 Å². The lowest BCUT2D eigenvalue weighted by Gasteiger charge is -2.10. The fourth-order valence-electron chi connectivity index (χ4n) is 2.13. The number of alkyl halides is 3. The Kier molecular flexibility index (Phi) is 2.38. The summed E-state index contributed by atoms with van der Waals surface area (Å²) < 4.78 is 38.3. The lowest BCUT2D eigenvalue weighted by atomic mass is 10.0. The molecule has 0 aliphatic rings. The average molecular weight is 262 g/mol. The molecule has 2 nitrogen and oxygen atoms in total. The molecule has 96 valence electrons. The van der Waals surface area contributed by atoms with Gasteiger partial charge in [-0.25, -0.2) is 4.98 Å². The first-order valence-corrected chi connectivity index (χ1v) is 5.62. The number of hydrogen-bond acceptors (Lipinski definition) is 2. The molecular formula is C14H9F3N2. The summed E-state index contributed by atoms with van der Waals surface area (Å²) >= 11 is 0. The fraction of sp³-hybridized carbons (Fsp3) is 0.0714. The normalized spacial score (nSPS) is 12.2. The molecule has 0 amide bonds. The van der Waals surface area contributed by atoms with E-state index in [1.165, 1.54) is 0 Å². The first kappa shape index (κ1) is 11.8. The number of nitrogens with zero attached hydrogens (tertiary/aromatic N) is 1. The molecule has 0 radical (unpaired) electrons. The molecular weight excluding hydrogens is 253 g/mol. The van der Waals surface area contributed by atoms with Crippen LogP contribution in [-0.4, -0.2) is 4.98 Å². The number of nitrogens with two attached hydrogens (primary N) is 1. The number of aromatic nitrogens is 1. The van der Waals surface area contributed by atoms with E-state index in [-0.39, 0.29) is 11.2 Å². The molecule has 3 rings (SSSR count). The van der Waals surface area contributed by atoms with Gasteiger partial charge in [0.05, 0.1) is 5.52 Å².